The molecule has 8 nitrogen and oxygen atoms in total. The lowest BCUT2D eigenvalue weighted by Gasteiger charge is -2.23. The van der Waals surface area contributed by atoms with Crippen LogP contribution in [0.1, 0.15) is 27.7 Å². The summed E-state index contributed by atoms with van der Waals surface area (Å²) in [4.78, 5) is 0. The van der Waals surface area contributed by atoms with Gasteiger partial charge in [0.25, 0.3) is 0 Å². The van der Waals surface area contributed by atoms with Crippen LogP contribution in [0.15, 0.2) is 20.6 Å². The molecule has 14 heteroatoms. The van der Waals surface area contributed by atoms with Crippen molar-refractivity contribution in [3.8, 4) is 0 Å². The molecular weight excluding hydrogens is 314 g/mol. The van der Waals surface area contributed by atoms with E-state index in [9.17, 15) is 17.3 Å². The summed E-state index contributed by atoms with van der Waals surface area (Å²) >= 11 is 0. The molecule has 1 aliphatic rings. The molecule has 22 heavy (non-hydrogen) atoms. The molecule has 0 aliphatic carbocycles. The van der Waals surface area contributed by atoms with Gasteiger partial charge in [0, 0.05) is 0 Å². The lowest BCUT2D eigenvalue weighted by molar-refractivity contribution is 0.0899. The van der Waals surface area contributed by atoms with Crippen molar-refractivity contribution < 1.29 is 36.3 Å². The van der Waals surface area contributed by atoms with Gasteiger partial charge in [-0.2, -0.15) is 0 Å². The van der Waals surface area contributed by atoms with E-state index in [2.05, 4.69) is 39.6 Å². The average molecular weight is 326 g/mol. The zero-order chi connectivity index (χ0) is 17.0. The van der Waals surface area contributed by atoms with Gasteiger partial charge >= 0.3 is 14.2 Å². The SMILES string of the molecule is CC1=NO[B-](F)(F)ON=C(C)C(C)=NO[B-](F)(F)ON=C1C. The second-order valence-corrected chi connectivity index (χ2v) is 4.20. The Balaban J connectivity index is 3.14. The van der Waals surface area contributed by atoms with E-state index in [4.69, 9.17) is 0 Å². The Bertz CT molecular complexity index is 460. The van der Waals surface area contributed by atoms with Crippen LogP contribution in [0.3, 0.4) is 0 Å². The standard InChI is InChI=1S/C8H12B2F4N4O4/c1-5-6(2)16-20-10(13,14)22-18-8(4)7(3)17-21-9(11,12)19-15-5/h1-4H3/q-2. The third kappa shape index (κ3) is 5.61. The molecule has 0 spiro atoms. The molecule has 0 saturated heterocycles. The lowest BCUT2D eigenvalue weighted by atomic mass is 10.2. The van der Waals surface area contributed by atoms with Crippen LogP contribution in [0.5, 0.6) is 0 Å². The molecule has 1 heterocycles. The maximum absolute atomic E-state index is 13.2. The number of halogens is 4. The third-order valence-corrected chi connectivity index (χ3v) is 2.30. The summed E-state index contributed by atoms with van der Waals surface area (Å²) in [6.45, 7) is 4.73. The van der Waals surface area contributed by atoms with Crippen molar-refractivity contribution in [3.63, 3.8) is 0 Å². The van der Waals surface area contributed by atoms with E-state index in [-0.39, 0.29) is 22.8 Å². The largest absolute Gasteiger partial charge is 0.766 e. The minimum Gasteiger partial charge on any atom is -0.519 e. The first-order valence-electron chi connectivity index (χ1n) is 5.94. The smallest absolute Gasteiger partial charge is 0.519 e. The van der Waals surface area contributed by atoms with Gasteiger partial charge in [-0.1, -0.05) is 0 Å². The molecule has 0 radical (unpaired) electrons. The molecule has 0 saturated carbocycles. The maximum Gasteiger partial charge on any atom is 0.766 e. The highest BCUT2D eigenvalue weighted by molar-refractivity contribution is 6.53. The Kier molecular flexibility index (Phi) is 5.38. The molecule has 124 valence electrons. The second kappa shape index (κ2) is 6.66. The summed E-state index contributed by atoms with van der Waals surface area (Å²) in [6.07, 6.45) is 0. The number of hydrogen-bond acceptors (Lipinski definition) is 8. The number of hydrogen-bond donors (Lipinski definition) is 0. The summed E-state index contributed by atoms with van der Waals surface area (Å²) in [5.74, 6) is 0. The Morgan fingerprint density at radius 3 is 0.909 bits per heavy atom. The third-order valence-electron chi connectivity index (χ3n) is 2.30. The van der Waals surface area contributed by atoms with Crippen molar-refractivity contribution in [1.82, 2.24) is 0 Å². The van der Waals surface area contributed by atoms with E-state index in [1.807, 2.05) is 0 Å². The van der Waals surface area contributed by atoms with Crippen LogP contribution >= 0.6 is 0 Å². The fourth-order valence-electron chi connectivity index (χ4n) is 0.864. The van der Waals surface area contributed by atoms with E-state index in [0.29, 0.717) is 0 Å². The molecule has 1 aliphatic heterocycles. The molecule has 0 N–H and O–H groups in total. The van der Waals surface area contributed by atoms with E-state index in [1.165, 1.54) is 27.7 Å². The van der Waals surface area contributed by atoms with Gasteiger partial charge in [-0.25, -0.2) is 0 Å². The van der Waals surface area contributed by atoms with Crippen molar-refractivity contribution in [2.24, 2.45) is 20.6 Å². The monoisotopic (exact) mass is 326 g/mol. The summed E-state index contributed by atoms with van der Waals surface area (Å²) in [6, 6.07) is 0. The molecule has 0 aromatic rings. The predicted molar refractivity (Wildman–Crippen MR) is 72.7 cm³/mol. The number of oxime groups is 4. The van der Waals surface area contributed by atoms with Crippen LogP contribution in [-0.4, -0.2) is 37.1 Å². The summed E-state index contributed by atoms with van der Waals surface area (Å²) in [7, 11) is -9.71. The highest BCUT2D eigenvalue weighted by Crippen LogP contribution is 2.15. The summed E-state index contributed by atoms with van der Waals surface area (Å²) < 4.78 is 68.5. The molecule has 1 rings (SSSR count). The molecule has 0 unspecified atom stereocenters. The highest BCUT2D eigenvalue weighted by atomic mass is 19.3. The van der Waals surface area contributed by atoms with Gasteiger partial charge in [0.05, 0.1) is 22.8 Å². The van der Waals surface area contributed by atoms with Crippen molar-refractivity contribution in [1.29, 1.82) is 0 Å². The van der Waals surface area contributed by atoms with Crippen molar-refractivity contribution in [2.75, 3.05) is 0 Å². The topological polar surface area (TPSA) is 86.4 Å². The molecule has 0 bridgehead atoms. The van der Waals surface area contributed by atoms with Gasteiger partial charge in [0.1, 0.15) is 0 Å². The predicted octanol–water partition coefficient (Wildman–Crippen LogP) is 2.32. The molecular formula is C8H12B2F4N4O4-2. The quantitative estimate of drug-likeness (QED) is 0.505. The average Bonchev–Trinajstić information content (AvgIpc) is 2.45. The zero-order valence-corrected chi connectivity index (χ0v) is 12.1. The van der Waals surface area contributed by atoms with Crippen LogP contribution in [-0.2, 0) is 19.0 Å². The molecule has 0 aromatic heterocycles. The highest BCUT2D eigenvalue weighted by Gasteiger charge is 2.36. The van der Waals surface area contributed by atoms with E-state index < -0.39 is 14.2 Å². The molecule has 0 atom stereocenters. The number of rotatable bonds is 0. The van der Waals surface area contributed by atoms with Crippen LogP contribution in [0.2, 0.25) is 0 Å². The minimum atomic E-state index is -4.85. The van der Waals surface area contributed by atoms with Crippen LogP contribution < -0.4 is 0 Å². The van der Waals surface area contributed by atoms with E-state index >= 15 is 0 Å². The molecule has 0 fully saturated rings. The van der Waals surface area contributed by atoms with Gasteiger partial charge in [-0.3, -0.25) is 0 Å². The van der Waals surface area contributed by atoms with Crippen LogP contribution in [0, 0.1) is 0 Å². The van der Waals surface area contributed by atoms with Gasteiger partial charge < -0.3 is 36.3 Å². The Morgan fingerprint density at radius 2 is 0.727 bits per heavy atom. The van der Waals surface area contributed by atoms with Gasteiger partial charge in [0.15, 0.2) is 0 Å². The Hall–Kier alpha value is -2.27. The fraction of sp³-hybridized carbons (Fsp3) is 0.500. The summed E-state index contributed by atoms with van der Waals surface area (Å²) in [5, 5.41) is 12.1. The van der Waals surface area contributed by atoms with Crippen molar-refractivity contribution in [3.05, 3.63) is 0 Å². The van der Waals surface area contributed by atoms with Crippen molar-refractivity contribution in [2.45, 2.75) is 27.7 Å². The zero-order valence-electron chi connectivity index (χ0n) is 12.1. The summed E-state index contributed by atoms with van der Waals surface area (Å²) in [5.41, 5.74) is -0.966. The van der Waals surface area contributed by atoms with E-state index in [0.717, 1.165) is 0 Å². The Morgan fingerprint density at radius 1 is 0.545 bits per heavy atom. The lowest BCUT2D eigenvalue weighted by Crippen LogP contribution is -2.31. The minimum absolute atomic E-state index is 0.241. The normalized spacial score (nSPS) is 22.2. The first-order valence-corrected chi connectivity index (χ1v) is 5.94. The van der Waals surface area contributed by atoms with Crippen LogP contribution in [0.4, 0.5) is 17.3 Å². The van der Waals surface area contributed by atoms with Crippen LogP contribution in [0.25, 0.3) is 0 Å². The Labute approximate surface area is 122 Å². The molecule has 0 aromatic carbocycles. The van der Waals surface area contributed by atoms with Gasteiger partial charge in [-0.05, 0) is 27.7 Å². The van der Waals surface area contributed by atoms with Crippen molar-refractivity contribution >= 4 is 37.1 Å². The maximum atomic E-state index is 13.2. The first kappa shape index (κ1) is 17.8. The van der Waals surface area contributed by atoms with Gasteiger partial charge in [-0.15, -0.1) is 20.6 Å². The molecule has 0 amide bonds. The second-order valence-electron chi connectivity index (χ2n) is 4.20. The van der Waals surface area contributed by atoms with E-state index in [1.54, 1.807) is 0 Å². The first-order chi connectivity index (χ1) is 10.0. The van der Waals surface area contributed by atoms with Gasteiger partial charge in [0.2, 0.25) is 0 Å². The fourth-order valence-corrected chi connectivity index (χ4v) is 0.864. The number of nitrogens with zero attached hydrogens (tertiary/aromatic N) is 4.